The van der Waals surface area contributed by atoms with Gasteiger partial charge in [-0.25, -0.2) is 0 Å². The summed E-state index contributed by atoms with van der Waals surface area (Å²) in [5.74, 6) is -244. The van der Waals surface area contributed by atoms with Gasteiger partial charge >= 0.3 is 154 Å². The molecule has 5 N–H and O–H groups in total. The lowest BCUT2D eigenvalue weighted by Crippen LogP contribution is -2.79. The summed E-state index contributed by atoms with van der Waals surface area (Å²) < 4.78 is 739. The van der Waals surface area contributed by atoms with Crippen LogP contribution in [0.4, 0.5) is 237 Å². The predicted molar refractivity (Wildman–Crippen MR) is 189 cm³/mol. The van der Waals surface area contributed by atoms with Crippen molar-refractivity contribution in [1.29, 1.82) is 0 Å². The maximum absolute atomic E-state index is 14.2. The van der Waals surface area contributed by atoms with Gasteiger partial charge in [-0.2, -0.15) is 237 Å². The summed E-state index contributed by atoms with van der Waals surface area (Å²) in [6, 6.07) is 0. The van der Waals surface area contributed by atoms with E-state index >= 15 is 0 Å². The van der Waals surface area contributed by atoms with E-state index in [9.17, 15) is 257 Å². The molecule has 0 saturated carbocycles. The summed E-state index contributed by atoms with van der Waals surface area (Å²) in [6.07, 6.45) is -17.5. The number of amides is 3. The highest BCUT2D eigenvalue weighted by molar-refractivity contribution is 5.88. The van der Waals surface area contributed by atoms with Gasteiger partial charge in [-0.05, 0) is 0 Å². The van der Waals surface area contributed by atoms with Crippen LogP contribution in [-0.4, -0.2) is 204 Å². The third kappa shape index (κ3) is 12.1. The first-order valence-electron chi connectivity index (χ1n) is 21.5. The van der Waals surface area contributed by atoms with Crippen molar-refractivity contribution < 1.29 is 257 Å². The van der Waals surface area contributed by atoms with Gasteiger partial charge in [0.1, 0.15) is 0 Å². The molecule has 0 heterocycles. The van der Waals surface area contributed by atoms with Crippen LogP contribution in [0.1, 0.15) is 0 Å². The molecule has 0 spiro atoms. The second-order valence-corrected chi connectivity index (χ2v) is 18.0. The van der Waals surface area contributed by atoms with Crippen LogP contribution in [0.15, 0.2) is 12.0 Å². The summed E-state index contributed by atoms with van der Waals surface area (Å²) >= 11 is 0. The standard InChI is InChI=1S/C35H14F54N4O4/c36-10(37,12(40,41)14(44,45)16(48,49)18(52,53)20(56,57)22(60,61)24(64,65)26(68,69)28(72,73)30(76,77)32(80,81)34(84,85)86)8(96)92-3-1-90-6(94)5-7(95)91-2-4-93-9(97)11(38,39)13(42,43)15(46,47)17(50,51)19(54,55)21(58,59)23(62,63)25(66,67)27(70,71)29(74,75)31(78,79)33(82,83)35(87,88)89/h5,90,94H,1-4H2,(H,91,95)(H,92,96)(H,93,97). The molecule has 0 aliphatic carbocycles. The molecule has 0 aromatic carbocycles. The van der Waals surface area contributed by atoms with Gasteiger partial charge in [0.25, 0.3) is 11.8 Å². The van der Waals surface area contributed by atoms with Crippen molar-refractivity contribution >= 4 is 17.7 Å². The minimum absolute atomic E-state index is 0.0349. The molecule has 576 valence electrons. The molecule has 8 nitrogen and oxygen atoms in total. The summed E-state index contributed by atoms with van der Waals surface area (Å²) in [6.45, 7) is -8.36. The predicted octanol–water partition coefficient (Wildman–Crippen LogP) is 14.7. The zero-order valence-corrected chi connectivity index (χ0v) is 42.5. The molecule has 0 saturated heterocycles. The zero-order valence-electron chi connectivity index (χ0n) is 42.5. The summed E-state index contributed by atoms with van der Waals surface area (Å²) in [4.78, 5) is 34.8. The molecular weight excluding hydrogens is 1570 g/mol. The van der Waals surface area contributed by atoms with E-state index in [-0.39, 0.29) is 10.6 Å². The summed E-state index contributed by atoms with van der Waals surface area (Å²) in [5, 5.41) is 11.5. The van der Waals surface area contributed by atoms with Gasteiger partial charge in [0.2, 0.25) is 5.91 Å². The number of rotatable bonds is 32. The fourth-order valence-corrected chi connectivity index (χ4v) is 5.76. The van der Waals surface area contributed by atoms with Crippen LogP contribution in [0.2, 0.25) is 0 Å². The number of halogens is 54. The van der Waals surface area contributed by atoms with E-state index in [0.29, 0.717) is 0 Å². The minimum atomic E-state index is -10.1. The topological polar surface area (TPSA) is 120 Å². The van der Waals surface area contributed by atoms with Crippen molar-refractivity contribution in [3.05, 3.63) is 12.0 Å². The normalized spacial score (nSPS) is 16.5. The van der Waals surface area contributed by atoms with Crippen LogP contribution in [0.5, 0.6) is 0 Å². The van der Waals surface area contributed by atoms with Crippen molar-refractivity contribution in [1.82, 2.24) is 21.3 Å². The largest absolute Gasteiger partial charge is 0.495 e. The number of hydrogen-bond acceptors (Lipinski definition) is 5. The molecule has 0 aromatic rings. The first kappa shape index (κ1) is 91.0. The van der Waals surface area contributed by atoms with E-state index < -0.39 is 210 Å². The third-order valence-corrected chi connectivity index (χ3v) is 11.7. The molecule has 0 atom stereocenters. The smallest absolute Gasteiger partial charge is 0.460 e. The average Bonchev–Trinajstić information content (AvgIpc) is 0.688. The van der Waals surface area contributed by atoms with Gasteiger partial charge in [-0.3, -0.25) is 14.4 Å². The van der Waals surface area contributed by atoms with Crippen LogP contribution in [-0.2, 0) is 14.4 Å². The Morgan fingerprint density at radius 3 is 0.505 bits per heavy atom. The number of carbonyl (C=O) groups excluding carboxylic acids is 3. The Morgan fingerprint density at radius 2 is 0.340 bits per heavy atom. The Balaban J connectivity index is 6.52. The lowest BCUT2D eigenvalue weighted by atomic mass is 9.84. The fourth-order valence-electron chi connectivity index (χ4n) is 5.76. The van der Waals surface area contributed by atoms with Crippen molar-refractivity contribution in [2.75, 3.05) is 26.2 Å². The van der Waals surface area contributed by atoms with E-state index in [1.54, 1.807) is 0 Å². The average molecular weight is 1580 g/mol. The molecule has 0 fully saturated rings. The molecule has 3 amide bonds. The van der Waals surface area contributed by atoms with Crippen LogP contribution >= 0.6 is 0 Å². The van der Waals surface area contributed by atoms with E-state index in [4.69, 9.17) is 0 Å². The Kier molecular flexibility index (Phi) is 22.8. The van der Waals surface area contributed by atoms with Crippen molar-refractivity contribution in [2.24, 2.45) is 0 Å². The second kappa shape index (κ2) is 24.4. The molecule has 97 heavy (non-hydrogen) atoms. The minimum Gasteiger partial charge on any atom is -0.495 e. The van der Waals surface area contributed by atoms with Gasteiger partial charge in [0, 0.05) is 26.2 Å². The van der Waals surface area contributed by atoms with Gasteiger partial charge in [0.15, 0.2) is 5.88 Å². The highest BCUT2D eigenvalue weighted by atomic mass is 19.5. The molecule has 0 rings (SSSR count). The van der Waals surface area contributed by atoms with Crippen molar-refractivity contribution in [2.45, 2.75) is 154 Å². The fraction of sp³-hybridized carbons (Fsp3) is 0.857. The molecule has 0 aliphatic rings. The Labute approximate surface area is 489 Å². The third-order valence-electron chi connectivity index (χ3n) is 11.7. The number of aliphatic hydroxyl groups excluding tert-OH is 1. The van der Waals surface area contributed by atoms with Crippen molar-refractivity contribution in [3.63, 3.8) is 0 Å². The number of carbonyl (C=O) groups is 3. The molecular formula is C35H14F54N4O4. The van der Waals surface area contributed by atoms with Gasteiger partial charge in [-0.1, -0.05) is 0 Å². The van der Waals surface area contributed by atoms with Gasteiger partial charge in [-0.15, -0.1) is 0 Å². The monoisotopic (exact) mass is 1580 g/mol. The zero-order chi connectivity index (χ0) is 79.7. The lowest BCUT2D eigenvalue weighted by Gasteiger charge is -2.46. The number of hydrogen-bond donors (Lipinski definition) is 5. The molecule has 0 bridgehead atoms. The van der Waals surface area contributed by atoms with Gasteiger partial charge in [0.05, 0.1) is 6.08 Å². The first-order chi connectivity index (χ1) is 41.3. The Bertz CT molecular complexity index is 2880. The SMILES string of the molecule is O=C(C=C(O)NCCNC(=O)C(F)(F)C(F)(F)C(F)(F)C(F)(F)C(F)(F)C(F)(F)C(F)(F)C(F)(F)C(F)(F)C(F)(F)C(F)(F)C(F)(F)C(F)(F)F)NCCNC(=O)C(F)(F)C(F)(F)C(F)(F)C(F)(F)C(F)(F)C(F)(F)C(F)(F)C(F)(F)C(F)(F)C(F)(F)C(F)(F)C(F)(F)C(F)(F)F. The Morgan fingerprint density at radius 1 is 0.206 bits per heavy atom. The van der Waals surface area contributed by atoms with Crippen LogP contribution in [0.3, 0.4) is 0 Å². The second-order valence-electron chi connectivity index (χ2n) is 18.0. The highest BCUT2D eigenvalue weighted by Gasteiger charge is 3.03. The van der Waals surface area contributed by atoms with E-state index in [1.165, 1.54) is 0 Å². The van der Waals surface area contributed by atoms with Crippen molar-refractivity contribution in [3.8, 4) is 0 Å². The maximum Gasteiger partial charge on any atom is 0.460 e. The van der Waals surface area contributed by atoms with E-state index in [0.717, 1.165) is 10.6 Å². The molecule has 62 heteroatoms. The molecule has 0 aliphatic heterocycles. The number of aliphatic hydroxyl groups is 1. The van der Waals surface area contributed by atoms with Crippen LogP contribution < -0.4 is 21.3 Å². The lowest BCUT2D eigenvalue weighted by molar-refractivity contribution is -0.484. The molecule has 0 unspecified atom stereocenters. The van der Waals surface area contributed by atoms with E-state index in [1.807, 2.05) is 0 Å². The van der Waals surface area contributed by atoms with Gasteiger partial charge < -0.3 is 26.4 Å². The quantitative estimate of drug-likeness (QED) is 0.0199. The summed E-state index contributed by atoms with van der Waals surface area (Å²) in [5.41, 5.74) is 0. The van der Waals surface area contributed by atoms with E-state index in [2.05, 4.69) is 0 Å². The number of nitrogens with one attached hydrogen (secondary N) is 4. The first-order valence-corrected chi connectivity index (χ1v) is 21.5. The highest BCUT2D eigenvalue weighted by Crippen LogP contribution is 2.71. The Hall–Kier alpha value is -6.03. The molecule has 0 aromatic heterocycles. The maximum atomic E-state index is 14.2. The van der Waals surface area contributed by atoms with Crippen LogP contribution in [0, 0.1) is 0 Å². The molecule has 0 radical (unpaired) electrons. The van der Waals surface area contributed by atoms with Crippen LogP contribution in [0.25, 0.3) is 0 Å². The number of alkyl halides is 54. The summed E-state index contributed by atoms with van der Waals surface area (Å²) in [7, 11) is 0.